The van der Waals surface area contributed by atoms with Crippen LogP contribution in [0.2, 0.25) is 0 Å². The standard InChI is InChI=1S/C21H22F2N2O4/c1-14(27)25(16-4-7-19(22)20(23)10-16)17-8-9-24(11-17)21(28)13-29-18-5-2-15(12-26)3-6-18/h2-7,10,17,26H,8-9,11-13H2,1H3. The molecular weight excluding hydrogens is 382 g/mol. The number of carbonyl (C=O) groups is 2. The van der Waals surface area contributed by atoms with Gasteiger partial charge in [0, 0.05) is 31.8 Å². The van der Waals surface area contributed by atoms with Crippen LogP contribution in [-0.2, 0) is 16.2 Å². The van der Waals surface area contributed by atoms with E-state index in [1.54, 1.807) is 29.2 Å². The molecule has 0 bridgehead atoms. The summed E-state index contributed by atoms with van der Waals surface area (Å²) in [5.41, 5.74) is 1.00. The quantitative estimate of drug-likeness (QED) is 0.803. The van der Waals surface area contributed by atoms with Crippen LogP contribution in [0.1, 0.15) is 18.9 Å². The van der Waals surface area contributed by atoms with Crippen LogP contribution in [0.15, 0.2) is 42.5 Å². The minimum absolute atomic E-state index is 0.0705. The Morgan fingerprint density at radius 1 is 1.17 bits per heavy atom. The molecule has 1 atom stereocenters. The second-order valence-electron chi connectivity index (χ2n) is 6.86. The highest BCUT2D eigenvalue weighted by Gasteiger charge is 2.33. The Bertz CT molecular complexity index is 889. The van der Waals surface area contributed by atoms with Gasteiger partial charge in [-0.05, 0) is 36.2 Å². The lowest BCUT2D eigenvalue weighted by atomic mass is 10.1. The number of halogens is 2. The van der Waals surface area contributed by atoms with E-state index in [1.165, 1.54) is 17.9 Å². The molecule has 2 aromatic rings. The van der Waals surface area contributed by atoms with Crippen molar-refractivity contribution in [3.63, 3.8) is 0 Å². The Kier molecular flexibility index (Phi) is 6.43. The van der Waals surface area contributed by atoms with Crippen molar-refractivity contribution >= 4 is 17.5 Å². The van der Waals surface area contributed by atoms with Crippen molar-refractivity contribution in [2.24, 2.45) is 0 Å². The van der Waals surface area contributed by atoms with E-state index in [-0.39, 0.29) is 43.3 Å². The second kappa shape index (κ2) is 9.00. The third-order valence-corrected chi connectivity index (χ3v) is 4.87. The van der Waals surface area contributed by atoms with Crippen molar-refractivity contribution in [1.29, 1.82) is 0 Å². The predicted octanol–water partition coefficient (Wildman–Crippen LogP) is 2.49. The highest BCUT2D eigenvalue weighted by Crippen LogP contribution is 2.25. The molecule has 3 rings (SSSR count). The average Bonchev–Trinajstić information content (AvgIpc) is 3.18. The maximum absolute atomic E-state index is 13.6. The maximum Gasteiger partial charge on any atom is 0.260 e. The van der Waals surface area contributed by atoms with Crippen molar-refractivity contribution in [3.8, 4) is 5.75 Å². The number of ether oxygens (including phenoxy) is 1. The number of aliphatic hydroxyl groups excluding tert-OH is 1. The van der Waals surface area contributed by atoms with Crippen molar-refractivity contribution in [3.05, 3.63) is 59.7 Å². The summed E-state index contributed by atoms with van der Waals surface area (Å²) in [6.07, 6.45) is 0.523. The number of amides is 2. The largest absolute Gasteiger partial charge is 0.484 e. The van der Waals surface area contributed by atoms with Crippen LogP contribution in [0, 0.1) is 11.6 Å². The number of likely N-dealkylation sites (tertiary alicyclic amines) is 1. The van der Waals surface area contributed by atoms with E-state index in [9.17, 15) is 18.4 Å². The summed E-state index contributed by atoms with van der Waals surface area (Å²) in [4.78, 5) is 27.6. The van der Waals surface area contributed by atoms with Gasteiger partial charge in [0.1, 0.15) is 5.75 Å². The Morgan fingerprint density at radius 3 is 2.52 bits per heavy atom. The molecule has 1 N–H and O–H groups in total. The summed E-state index contributed by atoms with van der Waals surface area (Å²) in [6.45, 7) is 1.84. The Morgan fingerprint density at radius 2 is 1.90 bits per heavy atom. The number of hydrogen-bond donors (Lipinski definition) is 1. The van der Waals surface area contributed by atoms with Crippen molar-refractivity contribution in [2.45, 2.75) is 26.0 Å². The van der Waals surface area contributed by atoms with Gasteiger partial charge in [0.05, 0.1) is 12.6 Å². The summed E-state index contributed by atoms with van der Waals surface area (Å²) >= 11 is 0. The molecule has 1 aliphatic rings. The maximum atomic E-state index is 13.6. The summed E-state index contributed by atoms with van der Waals surface area (Å²) in [6, 6.07) is 9.75. The molecule has 1 heterocycles. The average molecular weight is 404 g/mol. The fourth-order valence-corrected chi connectivity index (χ4v) is 3.39. The van der Waals surface area contributed by atoms with Crippen LogP contribution < -0.4 is 9.64 Å². The van der Waals surface area contributed by atoms with Gasteiger partial charge in [-0.15, -0.1) is 0 Å². The molecule has 1 aliphatic heterocycles. The Labute approximate surface area is 167 Å². The van der Waals surface area contributed by atoms with Gasteiger partial charge in [-0.2, -0.15) is 0 Å². The molecule has 29 heavy (non-hydrogen) atoms. The highest BCUT2D eigenvalue weighted by atomic mass is 19.2. The van der Waals surface area contributed by atoms with E-state index in [2.05, 4.69) is 0 Å². The molecule has 1 fully saturated rings. The number of anilines is 1. The smallest absolute Gasteiger partial charge is 0.260 e. The number of carbonyl (C=O) groups excluding carboxylic acids is 2. The van der Waals surface area contributed by atoms with Crippen LogP contribution in [0.3, 0.4) is 0 Å². The lowest BCUT2D eigenvalue weighted by molar-refractivity contribution is -0.132. The molecule has 1 saturated heterocycles. The van der Waals surface area contributed by atoms with E-state index < -0.39 is 11.6 Å². The lowest BCUT2D eigenvalue weighted by Crippen LogP contribution is -2.42. The number of benzene rings is 2. The van der Waals surface area contributed by atoms with Crippen molar-refractivity contribution in [1.82, 2.24) is 4.90 Å². The molecule has 0 aromatic heterocycles. The molecule has 2 amide bonds. The number of rotatable bonds is 6. The van der Waals surface area contributed by atoms with Gasteiger partial charge >= 0.3 is 0 Å². The van der Waals surface area contributed by atoms with Crippen LogP contribution >= 0.6 is 0 Å². The topological polar surface area (TPSA) is 70.1 Å². The summed E-state index contributed by atoms with van der Waals surface area (Å²) < 4.78 is 32.3. The Hall–Kier alpha value is -3.00. The van der Waals surface area contributed by atoms with E-state index in [1.807, 2.05) is 0 Å². The monoisotopic (exact) mass is 404 g/mol. The summed E-state index contributed by atoms with van der Waals surface area (Å²) in [7, 11) is 0. The Balaban J connectivity index is 1.61. The highest BCUT2D eigenvalue weighted by molar-refractivity contribution is 5.92. The molecule has 0 saturated carbocycles. The first-order chi connectivity index (χ1) is 13.9. The first-order valence-electron chi connectivity index (χ1n) is 9.24. The molecule has 6 nitrogen and oxygen atoms in total. The first kappa shape index (κ1) is 20.7. The molecule has 0 spiro atoms. The zero-order chi connectivity index (χ0) is 21.0. The number of hydrogen-bond acceptors (Lipinski definition) is 4. The van der Waals surface area contributed by atoms with Crippen LogP contribution in [0.25, 0.3) is 0 Å². The molecule has 8 heteroatoms. The summed E-state index contributed by atoms with van der Waals surface area (Å²) in [5, 5.41) is 9.04. The molecule has 2 aromatic carbocycles. The zero-order valence-corrected chi connectivity index (χ0v) is 16.0. The molecule has 1 unspecified atom stereocenters. The molecule has 0 aliphatic carbocycles. The van der Waals surface area contributed by atoms with Gasteiger partial charge in [0.15, 0.2) is 18.2 Å². The van der Waals surface area contributed by atoms with Crippen LogP contribution in [0.4, 0.5) is 14.5 Å². The van der Waals surface area contributed by atoms with E-state index >= 15 is 0 Å². The van der Waals surface area contributed by atoms with E-state index in [0.717, 1.165) is 17.7 Å². The minimum atomic E-state index is -1.03. The predicted molar refractivity (Wildman–Crippen MR) is 102 cm³/mol. The zero-order valence-electron chi connectivity index (χ0n) is 16.0. The van der Waals surface area contributed by atoms with E-state index in [4.69, 9.17) is 9.84 Å². The molecule has 0 radical (unpaired) electrons. The van der Waals surface area contributed by atoms with Gasteiger partial charge in [0.25, 0.3) is 5.91 Å². The SMILES string of the molecule is CC(=O)N(c1ccc(F)c(F)c1)C1CCN(C(=O)COc2ccc(CO)cc2)C1. The van der Waals surface area contributed by atoms with Crippen LogP contribution in [0.5, 0.6) is 5.75 Å². The van der Waals surface area contributed by atoms with Gasteiger partial charge < -0.3 is 19.6 Å². The lowest BCUT2D eigenvalue weighted by Gasteiger charge is -2.28. The van der Waals surface area contributed by atoms with E-state index in [0.29, 0.717) is 18.7 Å². The number of aliphatic hydroxyl groups is 1. The van der Waals surface area contributed by atoms with Gasteiger partial charge in [-0.3, -0.25) is 9.59 Å². The summed E-state index contributed by atoms with van der Waals surface area (Å²) in [5.74, 6) is -2.04. The fourth-order valence-electron chi connectivity index (χ4n) is 3.39. The third kappa shape index (κ3) is 4.89. The third-order valence-electron chi connectivity index (χ3n) is 4.87. The molecular formula is C21H22F2N2O4. The molecule has 154 valence electrons. The van der Waals surface area contributed by atoms with Gasteiger partial charge in [-0.1, -0.05) is 12.1 Å². The minimum Gasteiger partial charge on any atom is -0.484 e. The van der Waals surface area contributed by atoms with Gasteiger partial charge in [0.2, 0.25) is 5.91 Å². The number of nitrogens with zero attached hydrogens (tertiary/aromatic N) is 2. The van der Waals surface area contributed by atoms with Crippen molar-refractivity contribution < 1.29 is 28.2 Å². The second-order valence-corrected chi connectivity index (χ2v) is 6.86. The van der Waals surface area contributed by atoms with Crippen LogP contribution in [-0.4, -0.2) is 47.6 Å². The normalized spacial score (nSPS) is 16.0. The first-order valence-corrected chi connectivity index (χ1v) is 9.24. The van der Waals surface area contributed by atoms with Gasteiger partial charge in [-0.25, -0.2) is 8.78 Å². The van der Waals surface area contributed by atoms with Crippen molar-refractivity contribution in [2.75, 3.05) is 24.6 Å². The fraction of sp³-hybridized carbons (Fsp3) is 0.333.